The van der Waals surface area contributed by atoms with Gasteiger partial charge in [0.1, 0.15) is 0 Å². The van der Waals surface area contributed by atoms with Gasteiger partial charge in [-0.15, -0.1) is 5.10 Å². The van der Waals surface area contributed by atoms with Crippen LogP contribution in [-0.4, -0.2) is 44.9 Å². The highest BCUT2D eigenvalue weighted by Gasteiger charge is 2.32. The summed E-state index contributed by atoms with van der Waals surface area (Å²) in [4.78, 5) is 12.5. The van der Waals surface area contributed by atoms with Gasteiger partial charge in [0.25, 0.3) is 0 Å². The number of para-hydroxylation sites is 1. The summed E-state index contributed by atoms with van der Waals surface area (Å²) in [5, 5.41) is 14.7. The summed E-state index contributed by atoms with van der Waals surface area (Å²) >= 11 is 0. The molecule has 0 spiro atoms. The van der Waals surface area contributed by atoms with Crippen LogP contribution in [0.3, 0.4) is 0 Å². The maximum absolute atomic E-state index is 12.5. The van der Waals surface area contributed by atoms with Crippen LogP contribution >= 0.6 is 0 Å². The molecule has 3 N–H and O–H groups in total. The maximum atomic E-state index is 12.5. The van der Waals surface area contributed by atoms with Crippen LogP contribution in [0.15, 0.2) is 30.3 Å². The van der Waals surface area contributed by atoms with Gasteiger partial charge in [-0.25, -0.2) is 0 Å². The molecule has 1 aromatic heterocycles. The van der Waals surface area contributed by atoms with Crippen LogP contribution in [0, 0.1) is 5.92 Å². The van der Waals surface area contributed by atoms with Crippen LogP contribution in [0.25, 0.3) is 5.69 Å². The molecule has 140 valence electrons. The normalized spacial score (nSPS) is 22.9. The minimum Gasteiger partial charge on any atom is -0.377 e. The Morgan fingerprint density at radius 2 is 2.15 bits per heavy atom. The second-order valence-corrected chi connectivity index (χ2v) is 6.64. The number of amides is 1. The van der Waals surface area contributed by atoms with Crippen LogP contribution in [0.5, 0.6) is 0 Å². The fourth-order valence-corrected chi connectivity index (χ4v) is 3.29. The number of ether oxygens (including phenoxy) is 1. The van der Waals surface area contributed by atoms with E-state index < -0.39 is 0 Å². The fourth-order valence-electron chi connectivity index (χ4n) is 3.29. The fraction of sp³-hybridized carbons (Fsp3) is 0.556. The van der Waals surface area contributed by atoms with Gasteiger partial charge in [0, 0.05) is 18.6 Å². The number of hydrogen-bond acceptors (Lipinski definition) is 6. The molecular formula is C18H26N6O2. The van der Waals surface area contributed by atoms with Crippen molar-refractivity contribution in [3.05, 3.63) is 36.2 Å². The molecule has 1 amide bonds. The number of nitrogens with one attached hydrogen (secondary N) is 1. The van der Waals surface area contributed by atoms with Crippen LogP contribution in [0.1, 0.15) is 38.4 Å². The molecule has 2 aromatic rings. The monoisotopic (exact) mass is 358 g/mol. The van der Waals surface area contributed by atoms with E-state index in [0.717, 1.165) is 31.6 Å². The van der Waals surface area contributed by atoms with E-state index in [1.54, 1.807) is 4.68 Å². The molecule has 1 aromatic carbocycles. The average Bonchev–Trinajstić information content (AvgIpc) is 3.14. The third-order valence-corrected chi connectivity index (χ3v) is 4.70. The van der Waals surface area contributed by atoms with E-state index in [9.17, 15) is 4.79 Å². The lowest BCUT2D eigenvalue weighted by atomic mass is 9.83. The summed E-state index contributed by atoms with van der Waals surface area (Å²) in [5.74, 6) is 0.498. The van der Waals surface area contributed by atoms with Crippen molar-refractivity contribution in [2.45, 2.75) is 51.3 Å². The Morgan fingerprint density at radius 3 is 2.88 bits per heavy atom. The van der Waals surface area contributed by atoms with Gasteiger partial charge in [-0.05, 0) is 48.2 Å². The Labute approximate surface area is 153 Å². The Hall–Kier alpha value is -2.32. The summed E-state index contributed by atoms with van der Waals surface area (Å²) in [6.45, 7) is 3.08. The Morgan fingerprint density at radius 1 is 1.35 bits per heavy atom. The largest absolute Gasteiger partial charge is 0.377 e. The van der Waals surface area contributed by atoms with Gasteiger partial charge in [-0.3, -0.25) is 4.79 Å². The van der Waals surface area contributed by atoms with Crippen LogP contribution in [0.4, 0.5) is 0 Å². The van der Waals surface area contributed by atoms with Gasteiger partial charge in [0.05, 0.1) is 18.3 Å². The quantitative estimate of drug-likeness (QED) is 0.770. The molecule has 3 rings (SSSR count). The molecular weight excluding hydrogens is 332 g/mol. The zero-order valence-electron chi connectivity index (χ0n) is 15.0. The topological polar surface area (TPSA) is 108 Å². The first-order chi connectivity index (χ1) is 12.7. The summed E-state index contributed by atoms with van der Waals surface area (Å²) < 4.78 is 7.40. The van der Waals surface area contributed by atoms with E-state index >= 15 is 0 Å². The molecule has 3 atom stereocenters. The van der Waals surface area contributed by atoms with Crippen molar-refractivity contribution in [1.29, 1.82) is 0 Å². The van der Waals surface area contributed by atoms with E-state index in [2.05, 4.69) is 27.8 Å². The first kappa shape index (κ1) is 18.5. The zero-order chi connectivity index (χ0) is 18.4. The van der Waals surface area contributed by atoms with E-state index in [4.69, 9.17) is 10.5 Å². The molecule has 1 saturated carbocycles. The second kappa shape index (κ2) is 8.86. The minimum absolute atomic E-state index is 0.00277. The van der Waals surface area contributed by atoms with E-state index in [1.807, 2.05) is 30.3 Å². The Balaban J connectivity index is 1.53. The van der Waals surface area contributed by atoms with Crippen molar-refractivity contribution in [3.63, 3.8) is 0 Å². The number of rotatable bonds is 7. The number of hydrogen-bond donors (Lipinski definition) is 2. The van der Waals surface area contributed by atoms with Crippen LogP contribution in [-0.2, 0) is 16.1 Å². The number of aromatic nitrogens is 4. The maximum Gasteiger partial charge on any atom is 0.223 e. The smallest absolute Gasteiger partial charge is 0.223 e. The van der Waals surface area contributed by atoms with Gasteiger partial charge in [-0.1, -0.05) is 25.1 Å². The molecule has 1 fully saturated rings. The molecule has 1 heterocycles. The summed E-state index contributed by atoms with van der Waals surface area (Å²) in [7, 11) is 0. The molecule has 8 nitrogen and oxygen atoms in total. The highest BCUT2D eigenvalue weighted by Crippen LogP contribution is 2.26. The number of nitrogens with two attached hydrogens (primary N) is 1. The van der Waals surface area contributed by atoms with Gasteiger partial charge in [-0.2, -0.15) is 4.68 Å². The molecule has 0 radical (unpaired) electrons. The Bertz CT molecular complexity index is 705. The predicted molar refractivity (Wildman–Crippen MR) is 96.3 cm³/mol. The average molecular weight is 358 g/mol. The molecule has 0 aliphatic heterocycles. The van der Waals surface area contributed by atoms with Crippen molar-refractivity contribution < 1.29 is 9.53 Å². The molecule has 1 aliphatic rings. The highest BCUT2D eigenvalue weighted by atomic mass is 16.5. The number of tetrazole rings is 1. The van der Waals surface area contributed by atoms with E-state index in [-0.39, 0.29) is 30.5 Å². The minimum atomic E-state index is -0.0966. The Kier molecular flexibility index (Phi) is 6.30. The molecule has 0 unspecified atom stereocenters. The second-order valence-electron chi connectivity index (χ2n) is 6.64. The first-order valence-electron chi connectivity index (χ1n) is 9.16. The summed E-state index contributed by atoms with van der Waals surface area (Å²) in [6, 6.07) is 9.50. The van der Waals surface area contributed by atoms with Crippen LogP contribution < -0.4 is 11.1 Å². The van der Waals surface area contributed by atoms with Crippen molar-refractivity contribution in [2.24, 2.45) is 11.7 Å². The van der Waals surface area contributed by atoms with Crippen molar-refractivity contribution in [3.8, 4) is 5.69 Å². The third-order valence-electron chi connectivity index (χ3n) is 4.70. The molecule has 8 heteroatoms. The first-order valence-corrected chi connectivity index (χ1v) is 9.16. The van der Waals surface area contributed by atoms with Crippen LogP contribution in [0.2, 0.25) is 0 Å². The molecule has 0 bridgehead atoms. The lowest BCUT2D eigenvalue weighted by Gasteiger charge is -2.33. The number of benzene rings is 1. The number of nitrogens with zero attached hydrogens (tertiary/aromatic N) is 4. The molecule has 26 heavy (non-hydrogen) atoms. The van der Waals surface area contributed by atoms with Gasteiger partial charge < -0.3 is 15.8 Å². The van der Waals surface area contributed by atoms with Crippen molar-refractivity contribution in [1.82, 2.24) is 25.5 Å². The summed E-state index contributed by atoms with van der Waals surface area (Å²) in [5.41, 5.74) is 7.06. The molecule has 1 aliphatic carbocycles. The van der Waals surface area contributed by atoms with E-state index in [1.165, 1.54) is 0 Å². The van der Waals surface area contributed by atoms with Gasteiger partial charge in [0.15, 0.2) is 5.82 Å². The van der Waals surface area contributed by atoms with Gasteiger partial charge >= 0.3 is 0 Å². The molecule has 0 saturated heterocycles. The lowest BCUT2D eigenvalue weighted by molar-refractivity contribution is -0.127. The lowest BCUT2D eigenvalue weighted by Crippen LogP contribution is -2.46. The zero-order valence-corrected chi connectivity index (χ0v) is 15.0. The van der Waals surface area contributed by atoms with Crippen molar-refractivity contribution >= 4 is 5.91 Å². The SMILES string of the molecule is CCCO[C@@H]1CC[C@H](C(=O)NCc2nnnn2-c2ccccc2)C[C@H]1N. The summed E-state index contributed by atoms with van der Waals surface area (Å²) in [6.07, 6.45) is 3.29. The van der Waals surface area contributed by atoms with Crippen molar-refractivity contribution in [2.75, 3.05) is 6.61 Å². The predicted octanol–water partition coefficient (Wildman–Crippen LogP) is 1.20. The van der Waals surface area contributed by atoms with E-state index in [0.29, 0.717) is 12.2 Å². The number of carbonyl (C=O) groups is 1. The van der Waals surface area contributed by atoms with Gasteiger partial charge in [0.2, 0.25) is 5.91 Å². The standard InChI is InChI=1S/C18H26N6O2/c1-2-10-26-16-9-8-13(11-15(16)19)18(25)20-12-17-21-22-23-24(17)14-6-4-3-5-7-14/h3-7,13,15-16H,2,8-12,19H2,1H3,(H,20,25)/t13-,15+,16+/m0/s1. The highest BCUT2D eigenvalue weighted by molar-refractivity contribution is 5.78. The number of carbonyl (C=O) groups excluding carboxylic acids is 1. The third kappa shape index (κ3) is 4.44.